The predicted molar refractivity (Wildman–Crippen MR) is 268 cm³/mol. The number of fused-ring (bicyclic) bond motifs is 2. The fourth-order valence-electron chi connectivity index (χ4n) is 6.99. The Labute approximate surface area is 400 Å². The molecule has 0 aromatic heterocycles. The van der Waals surface area contributed by atoms with E-state index >= 15 is 0 Å². The lowest BCUT2D eigenvalue weighted by Crippen LogP contribution is -2.11. The van der Waals surface area contributed by atoms with Crippen molar-refractivity contribution in [1.82, 2.24) is 0 Å². The van der Waals surface area contributed by atoms with Gasteiger partial charge >= 0.3 is 23.9 Å². The standard InChI is InChI=1S/C57H51N3O9/c1-37(2)39(5)55(62)68-52-18-12-17-49-48(52)16-13-19-53(49)69-57(64)41-22-26-43(27-23-41)59-60-51-33-32-50(46-14-8-9-15-47(46)51)58-36-40-20-28-45(29-21-40)67-56(63)42-24-30-44(31-25-42)65-34-10-6-7-11-35-66-54(61)38(3)4/h8-9,12-33,58H,1,3,5-7,10-11,34-36H2,2,4H3. The van der Waals surface area contributed by atoms with Crippen molar-refractivity contribution < 1.29 is 42.9 Å². The number of ether oxygens (including phenoxy) is 5. The first-order valence-electron chi connectivity index (χ1n) is 22.4. The van der Waals surface area contributed by atoms with E-state index in [2.05, 4.69) is 35.3 Å². The molecule has 7 rings (SSSR count). The van der Waals surface area contributed by atoms with Gasteiger partial charge in [0.2, 0.25) is 0 Å². The Bertz CT molecular complexity index is 3070. The van der Waals surface area contributed by atoms with Crippen LogP contribution in [0.5, 0.6) is 23.0 Å². The highest BCUT2D eigenvalue weighted by molar-refractivity contribution is 6.02. The number of hydrogen-bond donors (Lipinski definition) is 1. The molecule has 0 aliphatic heterocycles. The van der Waals surface area contributed by atoms with Crippen LogP contribution in [0.2, 0.25) is 0 Å². The van der Waals surface area contributed by atoms with Crippen molar-refractivity contribution in [3.63, 3.8) is 0 Å². The van der Waals surface area contributed by atoms with Crippen LogP contribution >= 0.6 is 0 Å². The third-order valence-corrected chi connectivity index (χ3v) is 10.9. The molecular weight excluding hydrogens is 871 g/mol. The van der Waals surface area contributed by atoms with Gasteiger partial charge < -0.3 is 29.0 Å². The number of azo groups is 1. The minimum Gasteiger partial charge on any atom is -0.494 e. The van der Waals surface area contributed by atoms with Gasteiger partial charge in [0.15, 0.2) is 0 Å². The second-order valence-electron chi connectivity index (χ2n) is 16.2. The van der Waals surface area contributed by atoms with Gasteiger partial charge in [-0.15, -0.1) is 5.11 Å². The number of unbranched alkanes of at least 4 members (excludes halogenated alkanes) is 3. The predicted octanol–water partition coefficient (Wildman–Crippen LogP) is 13.6. The number of carbonyl (C=O) groups is 4. The molecule has 0 saturated heterocycles. The number of anilines is 1. The van der Waals surface area contributed by atoms with E-state index < -0.39 is 17.9 Å². The van der Waals surface area contributed by atoms with E-state index in [1.807, 2.05) is 48.5 Å². The second kappa shape index (κ2) is 23.2. The average Bonchev–Trinajstić information content (AvgIpc) is 3.36. The van der Waals surface area contributed by atoms with Gasteiger partial charge in [0.25, 0.3) is 0 Å². The average molecular weight is 922 g/mol. The topological polar surface area (TPSA) is 151 Å². The molecule has 12 heteroatoms. The molecule has 0 saturated carbocycles. The van der Waals surface area contributed by atoms with Crippen LogP contribution in [0, 0.1) is 0 Å². The van der Waals surface area contributed by atoms with Crippen LogP contribution in [0.3, 0.4) is 0 Å². The monoisotopic (exact) mass is 921 g/mol. The Morgan fingerprint density at radius 3 is 1.74 bits per heavy atom. The molecule has 0 unspecified atom stereocenters. The Morgan fingerprint density at radius 2 is 1.09 bits per heavy atom. The highest BCUT2D eigenvalue weighted by Gasteiger charge is 2.17. The third-order valence-electron chi connectivity index (χ3n) is 10.9. The number of rotatable bonds is 21. The number of esters is 4. The highest BCUT2D eigenvalue weighted by Crippen LogP contribution is 2.35. The van der Waals surface area contributed by atoms with Gasteiger partial charge in [-0.05, 0) is 136 Å². The Kier molecular flexibility index (Phi) is 16.2. The zero-order valence-electron chi connectivity index (χ0n) is 38.5. The number of nitrogens with one attached hydrogen (secondary N) is 1. The van der Waals surface area contributed by atoms with Crippen molar-refractivity contribution in [3.05, 3.63) is 199 Å². The van der Waals surface area contributed by atoms with Crippen molar-refractivity contribution in [2.75, 3.05) is 18.5 Å². The highest BCUT2D eigenvalue weighted by atomic mass is 16.5. The molecule has 0 bridgehead atoms. The van der Waals surface area contributed by atoms with E-state index in [0.29, 0.717) is 87.2 Å². The van der Waals surface area contributed by atoms with Gasteiger partial charge in [0, 0.05) is 39.4 Å². The Morgan fingerprint density at radius 1 is 0.507 bits per heavy atom. The van der Waals surface area contributed by atoms with E-state index in [1.54, 1.807) is 111 Å². The molecule has 1 N–H and O–H groups in total. The second-order valence-corrected chi connectivity index (χ2v) is 16.2. The van der Waals surface area contributed by atoms with Crippen LogP contribution in [0.4, 0.5) is 17.1 Å². The molecule has 7 aromatic rings. The first-order valence-corrected chi connectivity index (χ1v) is 22.4. The summed E-state index contributed by atoms with van der Waals surface area (Å²) in [6.07, 6.45) is 3.53. The zero-order valence-corrected chi connectivity index (χ0v) is 38.5. The van der Waals surface area contributed by atoms with Gasteiger partial charge in [-0.1, -0.05) is 80.4 Å². The summed E-state index contributed by atoms with van der Waals surface area (Å²) in [6.45, 7) is 15.8. The minimum atomic E-state index is -0.610. The summed E-state index contributed by atoms with van der Waals surface area (Å²) in [7, 11) is 0. The fourth-order valence-corrected chi connectivity index (χ4v) is 6.99. The molecule has 0 radical (unpaired) electrons. The zero-order chi connectivity index (χ0) is 48.7. The largest absolute Gasteiger partial charge is 0.494 e. The molecule has 0 atom stereocenters. The number of nitrogens with zero attached hydrogens (tertiary/aromatic N) is 2. The maximum Gasteiger partial charge on any atom is 0.343 e. The first kappa shape index (κ1) is 48.3. The van der Waals surface area contributed by atoms with E-state index in [-0.39, 0.29) is 11.5 Å². The summed E-state index contributed by atoms with van der Waals surface area (Å²) < 4.78 is 27.9. The van der Waals surface area contributed by atoms with Crippen molar-refractivity contribution in [1.29, 1.82) is 0 Å². The van der Waals surface area contributed by atoms with Gasteiger partial charge in [-0.2, -0.15) is 5.11 Å². The van der Waals surface area contributed by atoms with Crippen LogP contribution < -0.4 is 24.3 Å². The molecule has 7 aromatic carbocycles. The lowest BCUT2D eigenvalue weighted by molar-refractivity contribution is -0.139. The summed E-state index contributed by atoms with van der Waals surface area (Å²) in [5.74, 6) is -0.295. The van der Waals surface area contributed by atoms with E-state index in [0.717, 1.165) is 47.7 Å². The van der Waals surface area contributed by atoms with Crippen LogP contribution in [0.1, 0.15) is 65.8 Å². The molecule has 0 amide bonds. The number of benzene rings is 7. The number of hydrogen-bond acceptors (Lipinski definition) is 12. The van der Waals surface area contributed by atoms with Crippen LogP contribution in [0.25, 0.3) is 21.5 Å². The van der Waals surface area contributed by atoms with Gasteiger partial charge in [-0.3, -0.25) is 0 Å². The lowest BCUT2D eigenvalue weighted by Gasteiger charge is -2.12. The lowest BCUT2D eigenvalue weighted by atomic mass is 10.1. The molecule has 12 nitrogen and oxygen atoms in total. The maximum atomic E-state index is 13.3. The van der Waals surface area contributed by atoms with E-state index in [1.165, 1.54) is 0 Å². The van der Waals surface area contributed by atoms with Crippen LogP contribution in [-0.4, -0.2) is 37.1 Å². The smallest absolute Gasteiger partial charge is 0.343 e. The SMILES string of the molecule is C=C(C)C(=C)C(=O)Oc1cccc2c(OC(=O)c3ccc(N=Nc4ccc(NCc5ccc(OC(=O)c6ccc(OCCCCCCOC(=O)C(=C)C)cc6)cc5)c5ccccc45)cc3)cccc12. The van der Waals surface area contributed by atoms with Crippen LogP contribution in [-0.2, 0) is 20.9 Å². The normalized spacial score (nSPS) is 10.9. The summed E-state index contributed by atoms with van der Waals surface area (Å²) in [6, 6.07) is 42.9. The van der Waals surface area contributed by atoms with Gasteiger partial charge in [0.1, 0.15) is 23.0 Å². The van der Waals surface area contributed by atoms with Crippen LogP contribution in [0.15, 0.2) is 192 Å². The summed E-state index contributed by atoms with van der Waals surface area (Å²) in [4.78, 5) is 50.1. The van der Waals surface area contributed by atoms with Crippen molar-refractivity contribution in [2.45, 2.75) is 46.1 Å². The molecule has 0 spiro atoms. The molecule has 0 heterocycles. The van der Waals surface area contributed by atoms with E-state index in [4.69, 9.17) is 23.7 Å². The maximum absolute atomic E-state index is 13.3. The summed E-state index contributed by atoms with van der Waals surface area (Å²) >= 11 is 0. The number of carbonyl (C=O) groups excluding carboxylic acids is 4. The molecule has 69 heavy (non-hydrogen) atoms. The molecular formula is C57H51N3O9. The minimum absolute atomic E-state index is 0.169. The molecule has 348 valence electrons. The van der Waals surface area contributed by atoms with Crippen molar-refractivity contribution in [2.24, 2.45) is 10.2 Å². The van der Waals surface area contributed by atoms with Gasteiger partial charge in [-0.25, -0.2) is 19.2 Å². The summed E-state index contributed by atoms with van der Waals surface area (Å²) in [5, 5.41) is 15.6. The van der Waals surface area contributed by atoms with E-state index in [9.17, 15) is 19.2 Å². The molecule has 0 aliphatic carbocycles. The fraction of sp³-hybridized carbons (Fsp3) is 0.158. The first-order chi connectivity index (χ1) is 33.4. The quantitative estimate of drug-likeness (QED) is 0.0184. The molecule has 0 fully saturated rings. The Hall–Kier alpha value is -8.64. The molecule has 0 aliphatic rings. The summed E-state index contributed by atoms with van der Waals surface area (Å²) in [5.41, 5.74) is 4.90. The Balaban J connectivity index is 0.888. The van der Waals surface area contributed by atoms with Crippen molar-refractivity contribution in [3.8, 4) is 23.0 Å². The third kappa shape index (κ3) is 13.0. The van der Waals surface area contributed by atoms with Gasteiger partial charge in [0.05, 0.1) is 41.3 Å². The van der Waals surface area contributed by atoms with Crippen molar-refractivity contribution >= 4 is 62.5 Å².